The number of carbonyl (C=O) groups is 2. The lowest BCUT2D eigenvalue weighted by Gasteiger charge is -2.35. The Kier molecular flexibility index (Phi) is 6.66. The highest BCUT2D eigenvalue weighted by Gasteiger charge is 2.22. The molecule has 6 nitrogen and oxygen atoms in total. The molecule has 1 aliphatic heterocycles. The number of amides is 2. The second-order valence-corrected chi connectivity index (χ2v) is 6.92. The van der Waals surface area contributed by atoms with Gasteiger partial charge in [0.2, 0.25) is 0 Å². The van der Waals surface area contributed by atoms with Gasteiger partial charge in [0.05, 0.1) is 6.61 Å². The molecule has 0 saturated carbocycles. The lowest BCUT2D eigenvalue weighted by molar-refractivity contribution is 0.0628. The van der Waals surface area contributed by atoms with E-state index in [2.05, 4.69) is 41.4 Å². The molecule has 1 N–H and O–H groups in total. The zero-order valence-electron chi connectivity index (χ0n) is 16.5. The smallest absolute Gasteiger partial charge is 0.411 e. The van der Waals surface area contributed by atoms with Gasteiger partial charge >= 0.3 is 6.09 Å². The first-order chi connectivity index (χ1) is 13.6. The maximum Gasteiger partial charge on any atom is 0.411 e. The second kappa shape index (κ2) is 9.37. The number of aryl methyl sites for hydroxylation is 1. The van der Waals surface area contributed by atoms with E-state index >= 15 is 0 Å². The van der Waals surface area contributed by atoms with Crippen LogP contribution in [0, 0.1) is 6.92 Å². The third-order valence-corrected chi connectivity index (χ3v) is 4.95. The normalized spacial score (nSPS) is 14.6. The molecule has 0 unspecified atom stereocenters. The molecule has 0 bridgehead atoms. The van der Waals surface area contributed by atoms with Gasteiger partial charge in [-0.3, -0.25) is 15.0 Å². The van der Waals surface area contributed by atoms with Crippen molar-refractivity contribution in [2.75, 3.05) is 38.1 Å². The van der Waals surface area contributed by atoms with Crippen LogP contribution in [-0.4, -0.2) is 54.6 Å². The highest BCUT2D eigenvalue weighted by atomic mass is 16.5. The van der Waals surface area contributed by atoms with Crippen LogP contribution >= 0.6 is 0 Å². The predicted octanol–water partition coefficient (Wildman–Crippen LogP) is 3.52. The number of carbonyl (C=O) groups excluding carboxylic acids is 2. The largest absolute Gasteiger partial charge is 0.450 e. The van der Waals surface area contributed by atoms with Crippen molar-refractivity contribution >= 4 is 17.7 Å². The summed E-state index contributed by atoms with van der Waals surface area (Å²) >= 11 is 0. The third kappa shape index (κ3) is 5.10. The Balaban J connectivity index is 1.56. The maximum atomic E-state index is 12.8. The summed E-state index contributed by atoms with van der Waals surface area (Å²) in [6.07, 6.45) is -0.517. The van der Waals surface area contributed by atoms with Crippen molar-refractivity contribution < 1.29 is 14.3 Å². The zero-order valence-corrected chi connectivity index (χ0v) is 16.5. The van der Waals surface area contributed by atoms with Gasteiger partial charge in [-0.15, -0.1) is 0 Å². The summed E-state index contributed by atoms with van der Waals surface area (Å²) in [5.41, 5.74) is 3.76. The number of rotatable bonds is 5. The first kappa shape index (κ1) is 19.9. The van der Waals surface area contributed by atoms with Gasteiger partial charge in [-0.1, -0.05) is 30.3 Å². The molecule has 0 aromatic heterocycles. The predicted molar refractivity (Wildman–Crippen MR) is 109 cm³/mol. The Labute approximate surface area is 166 Å². The SMILES string of the molecule is CCOC(=O)Nc1cccc(C(=O)N2CCN(Cc3ccccc3C)CC2)c1. The fraction of sp³-hybridized carbons (Fsp3) is 0.364. The first-order valence-corrected chi connectivity index (χ1v) is 9.67. The summed E-state index contributed by atoms with van der Waals surface area (Å²) in [4.78, 5) is 28.7. The number of hydrogen-bond acceptors (Lipinski definition) is 4. The van der Waals surface area contributed by atoms with Crippen LogP contribution in [0.1, 0.15) is 28.4 Å². The van der Waals surface area contributed by atoms with E-state index in [-0.39, 0.29) is 5.91 Å². The summed E-state index contributed by atoms with van der Waals surface area (Å²) in [7, 11) is 0. The Hall–Kier alpha value is -2.86. The van der Waals surface area contributed by atoms with Crippen LogP contribution in [0.5, 0.6) is 0 Å². The van der Waals surface area contributed by atoms with Crippen molar-refractivity contribution in [2.45, 2.75) is 20.4 Å². The van der Waals surface area contributed by atoms with Gasteiger partial charge in [0.15, 0.2) is 0 Å². The zero-order chi connectivity index (χ0) is 19.9. The first-order valence-electron chi connectivity index (χ1n) is 9.67. The van der Waals surface area contributed by atoms with E-state index in [1.165, 1.54) is 11.1 Å². The minimum atomic E-state index is -0.517. The molecule has 28 heavy (non-hydrogen) atoms. The van der Waals surface area contributed by atoms with Crippen LogP contribution in [0.3, 0.4) is 0 Å². The van der Waals surface area contributed by atoms with Gasteiger partial charge in [0.1, 0.15) is 0 Å². The lowest BCUT2D eigenvalue weighted by Crippen LogP contribution is -2.48. The van der Waals surface area contributed by atoms with Crippen LogP contribution in [0.15, 0.2) is 48.5 Å². The summed E-state index contributed by atoms with van der Waals surface area (Å²) in [5.74, 6) is -0.0111. The molecule has 1 aliphatic rings. The number of nitrogens with one attached hydrogen (secondary N) is 1. The molecule has 0 radical (unpaired) electrons. The van der Waals surface area contributed by atoms with Crippen LogP contribution in [0.2, 0.25) is 0 Å². The number of nitrogens with zero attached hydrogens (tertiary/aromatic N) is 2. The third-order valence-electron chi connectivity index (χ3n) is 4.95. The lowest BCUT2D eigenvalue weighted by atomic mass is 10.1. The number of hydrogen-bond donors (Lipinski definition) is 1. The molecule has 2 amide bonds. The number of ether oxygens (including phenoxy) is 1. The second-order valence-electron chi connectivity index (χ2n) is 6.92. The van der Waals surface area contributed by atoms with E-state index in [9.17, 15) is 9.59 Å². The standard InChI is InChI=1S/C22H27N3O3/c1-3-28-22(27)23-20-10-6-9-18(15-20)21(26)25-13-11-24(12-14-25)16-19-8-5-4-7-17(19)2/h4-10,15H,3,11-14,16H2,1-2H3,(H,23,27). The summed E-state index contributed by atoms with van der Waals surface area (Å²) < 4.78 is 4.88. The Morgan fingerprint density at radius 1 is 1.04 bits per heavy atom. The number of piperazine rings is 1. The molecule has 1 heterocycles. The average Bonchev–Trinajstić information content (AvgIpc) is 2.70. The highest BCUT2D eigenvalue weighted by Crippen LogP contribution is 2.16. The molecular formula is C22H27N3O3. The van der Waals surface area contributed by atoms with Gasteiger partial charge in [-0.2, -0.15) is 0 Å². The van der Waals surface area contributed by atoms with E-state index in [4.69, 9.17) is 4.74 Å². The maximum absolute atomic E-state index is 12.8. The van der Waals surface area contributed by atoms with Gasteiger partial charge in [-0.05, 0) is 43.2 Å². The molecule has 3 rings (SSSR count). The Morgan fingerprint density at radius 2 is 1.79 bits per heavy atom. The number of anilines is 1. The molecule has 1 fully saturated rings. The van der Waals surface area contributed by atoms with Crippen LogP contribution in [0.25, 0.3) is 0 Å². The van der Waals surface area contributed by atoms with E-state index in [0.717, 1.165) is 19.6 Å². The van der Waals surface area contributed by atoms with Gasteiger partial charge in [-0.25, -0.2) is 4.79 Å². The van der Waals surface area contributed by atoms with Crippen LogP contribution in [-0.2, 0) is 11.3 Å². The molecular weight excluding hydrogens is 354 g/mol. The molecule has 1 saturated heterocycles. The number of benzene rings is 2. The van der Waals surface area contributed by atoms with Crippen LogP contribution in [0.4, 0.5) is 10.5 Å². The van der Waals surface area contributed by atoms with Crippen LogP contribution < -0.4 is 5.32 Å². The topological polar surface area (TPSA) is 61.9 Å². The summed E-state index contributed by atoms with van der Waals surface area (Å²) in [6.45, 7) is 8.18. The van der Waals surface area contributed by atoms with E-state index in [1.54, 1.807) is 31.2 Å². The fourth-order valence-corrected chi connectivity index (χ4v) is 3.34. The van der Waals surface area contributed by atoms with Crippen molar-refractivity contribution in [3.63, 3.8) is 0 Å². The molecule has 0 spiro atoms. The van der Waals surface area contributed by atoms with Crippen molar-refractivity contribution in [1.82, 2.24) is 9.80 Å². The molecule has 6 heteroatoms. The Bertz CT molecular complexity index is 829. The van der Waals surface area contributed by atoms with E-state index in [0.29, 0.717) is 30.9 Å². The van der Waals surface area contributed by atoms with E-state index in [1.807, 2.05) is 4.90 Å². The van der Waals surface area contributed by atoms with Gasteiger partial charge in [0.25, 0.3) is 5.91 Å². The van der Waals surface area contributed by atoms with Crippen molar-refractivity contribution in [2.24, 2.45) is 0 Å². The van der Waals surface area contributed by atoms with Crippen molar-refractivity contribution in [3.8, 4) is 0 Å². The summed E-state index contributed by atoms with van der Waals surface area (Å²) in [5, 5.41) is 2.64. The molecule has 0 atom stereocenters. The minimum Gasteiger partial charge on any atom is -0.450 e. The average molecular weight is 381 g/mol. The molecule has 0 aliphatic carbocycles. The van der Waals surface area contributed by atoms with E-state index < -0.39 is 6.09 Å². The monoisotopic (exact) mass is 381 g/mol. The fourth-order valence-electron chi connectivity index (χ4n) is 3.34. The highest BCUT2D eigenvalue weighted by molar-refractivity contribution is 5.96. The Morgan fingerprint density at radius 3 is 2.50 bits per heavy atom. The van der Waals surface area contributed by atoms with Gasteiger partial charge in [0, 0.05) is 44.0 Å². The van der Waals surface area contributed by atoms with Gasteiger partial charge < -0.3 is 9.64 Å². The van der Waals surface area contributed by atoms with Crippen molar-refractivity contribution in [1.29, 1.82) is 0 Å². The summed E-state index contributed by atoms with van der Waals surface area (Å²) in [6, 6.07) is 15.4. The minimum absolute atomic E-state index is 0.0111. The quantitative estimate of drug-likeness (QED) is 0.861. The molecule has 148 valence electrons. The molecule has 2 aromatic rings. The molecule has 2 aromatic carbocycles. The van der Waals surface area contributed by atoms with Crippen molar-refractivity contribution in [3.05, 3.63) is 65.2 Å².